The maximum Gasteiger partial charge on any atom is 0.573 e. The van der Waals surface area contributed by atoms with E-state index < -0.39 is 33.6 Å². The summed E-state index contributed by atoms with van der Waals surface area (Å²) in [5, 5.41) is 2.30. The van der Waals surface area contributed by atoms with Crippen molar-refractivity contribution >= 4 is 33.2 Å². The third-order valence-electron chi connectivity index (χ3n) is 3.25. The quantitative estimate of drug-likeness (QED) is 0.699. The third-order valence-corrected chi connectivity index (χ3v) is 5.49. The standard InChI is InChI=1S/C18H18ClF3N2O4S/c1-17(2,3)24-29(26,27)15-9-11(7-8-14(15)19)16(25)23-12-5-4-6-13(10-12)28-18(20,21)22/h4-10,24H,1-3H3,(H,23,25). The van der Waals surface area contributed by atoms with Crippen molar-refractivity contribution in [2.75, 3.05) is 5.32 Å². The molecule has 11 heteroatoms. The van der Waals surface area contributed by atoms with Crippen molar-refractivity contribution in [2.24, 2.45) is 0 Å². The molecule has 0 saturated carbocycles. The monoisotopic (exact) mass is 450 g/mol. The van der Waals surface area contributed by atoms with E-state index in [4.69, 9.17) is 11.6 Å². The normalized spacial score (nSPS) is 12.5. The lowest BCUT2D eigenvalue weighted by Crippen LogP contribution is -2.40. The zero-order chi connectivity index (χ0) is 22.0. The van der Waals surface area contributed by atoms with Gasteiger partial charge >= 0.3 is 6.36 Å². The molecule has 0 aromatic heterocycles. The summed E-state index contributed by atoms with van der Waals surface area (Å²) in [5.74, 6) is -1.25. The fourth-order valence-electron chi connectivity index (χ4n) is 2.28. The van der Waals surface area contributed by atoms with E-state index in [9.17, 15) is 26.4 Å². The van der Waals surface area contributed by atoms with Crippen molar-refractivity contribution < 1.29 is 31.1 Å². The number of hydrogen-bond acceptors (Lipinski definition) is 4. The van der Waals surface area contributed by atoms with Gasteiger partial charge in [0, 0.05) is 22.9 Å². The van der Waals surface area contributed by atoms with E-state index in [-0.39, 0.29) is 21.2 Å². The van der Waals surface area contributed by atoms with Gasteiger partial charge in [-0.3, -0.25) is 4.79 Å². The third kappa shape index (κ3) is 6.91. The van der Waals surface area contributed by atoms with Crippen molar-refractivity contribution in [1.82, 2.24) is 4.72 Å². The van der Waals surface area contributed by atoms with Gasteiger partial charge in [0.1, 0.15) is 10.6 Å². The maximum atomic E-state index is 12.5. The van der Waals surface area contributed by atoms with Gasteiger partial charge in [0.25, 0.3) is 5.91 Å². The van der Waals surface area contributed by atoms with Gasteiger partial charge in [-0.15, -0.1) is 13.2 Å². The highest BCUT2D eigenvalue weighted by Crippen LogP contribution is 2.27. The highest BCUT2D eigenvalue weighted by molar-refractivity contribution is 7.89. The van der Waals surface area contributed by atoms with Gasteiger partial charge in [-0.1, -0.05) is 17.7 Å². The predicted octanol–water partition coefficient (Wildman–Crippen LogP) is 4.57. The second-order valence-corrected chi connectivity index (χ2v) is 9.09. The van der Waals surface area contributed by atoms with Crippen molar-refractivity contribution in [3.05, 3.63) is 53.1 Å². The number of amides is 1. The minimum Gasteiger partial charge on any atom is -0.406 e. The molecule has 1 amide bonds. The van der Waals surface area contributed by atoms with Crippen molar-refractivity contribution in [2.45, 2.75) is 37.6 Å². The van der Waals surface area contributed by atoms with E-state index in [2.05, 4.69) is 14.8 Å². The van der Waals surface area contributed by atoms with Crippen LogP contribution in [-0.2, 0) is 10.0 Å². The highest BCUT2D eigenvalue weighted by atomic mass is 35.5. The second-order valence-electron chi connectivity index (χ2n) is 7.03. The average molecular weight is 451 g/mol. The first kappa shape index (κ1) is 23.0. The molecule has 2 N–H and O–H groups in total. The smallest absolute Gasteiger partial charge is 0.406 e. The van der Waals surface area contributed by atoms with Crippen LogP contribution in [0.3, 0.4) is 0 Å². The number of nitrogens with one attached hydrogen (secondary N) is 2. The van der Waals surface area contributed by atoms with Crippen molar-refractivity contribution in [3.63, 3.8) is 0 Å². The average Bonchev–Trinajstić information content (AvgIpc) is 2.51. The van der Waals surface area contributed by atoms with Gasteiger partial charge in [0.15, 0.2) is 0 Å². The summed E-state index contributed by atoms with van der Waals surface area (Å²) in [6.45, 7) is 4.93. The molecule has 0 fully saturated rings. The van der Waals surface area contributed by atoms with Gasteiger partial charge in [-0.25, -0.2) is 13.1 Å². The van der Waals surface area contributed by atoms with Gasteiger partial charge < -0.3 is 10.1 Å². The molecule has 0 aliphatic heterocycles. The summed E-state index contributed by atoms with van der Waals surface area (Å²) in [7, 11) is -4.01. The number of carbonyl (C=O) groups excluding carboxylic acids is 1. The number of benzene rings is 2. The Hall–Kier alpha value is -2.30. The van der Waals surface area contributed by atoms with E-state index >= 15 is 0 Å². The zero-order valence-corrected chi connectivity index (χ0v) is 17.2. The van der Waals surface area contributed by atoms with Crippen LogP contribution in [0.2, 0.25) is 5.02 Å². The molecule has 0 saturated heterocycles. The van der Waals surface area contributed by atoms with Crippen LogP contribution in [0.15, 0.2) is 47.4 Å². The zero-order valence-electron chi connectivity index (χ0n) is 15.6. The van der Waals surface area contributed by atoms with Gasteiger partial charge in [-0.2, -0.15) is 0 Å². The van der Waals surface area contributed by atoms with Gasteiger partial charge in [0.2, 0.25) is 10.0 Å². The molecule has 0 radical (unpaired) electrons. The van der Waals surface area contributed by atoms with Crippen LogP contribution in [0.5, 0.6) is 5.75 Å². The van der Waals surface area contributed by atoms with E-state index in [0.29, 0.717) is 0 Å². The Morgan fingerprint density at radius 3 is 2.31 bits per heavy atom. The Bertz CT molecular complexity index is 1020. The Balaban J connectivity index is 2.28. The minimum atomic E-state index is -4.87. The largest absolute Gasteiger partial charge is 0.573 e. The summed E-state index contributed by atoms with van der Waals surface area (Å²) < 4.78 is 68.3. The lowest BCUT2D eigenvalue weighted by atomic mass is 10.1. The summed E-state index contributed by atoms with van der Waals surface area (Å²) in [6.07, 6.45) is -4.87. The molecule has 0 aliphatic rings. The number of rotatable bonds is 5. The first-order valence-corrected chi connectivity index (χ1v) is 10.0. The highest BCUT2D eigenvalue weighted by Gasteiger charge is 2.31. The number of alkyl halides is 3. The Morgan fingerprint density at radius 1 is 1.07 bits per heavy atom. The van der Waals surface area contributed by atoms with E-state index in [1.165, 1.54) is 24.3 Å². The van der Waals surface area contributed by atoms with Crippen molar-refractivity contribution in [3.8, 4) is 5.75 Å². The van der Waals surface area contributed by atoms with Crippen LogP contribution in [0.4, 0.5) is 18.9 Å². The molecule has 158 valence electrons. The molecule has 2 aromatic carbocycles. The topological polar surface area (TPSA) is 84.5 Å². The maximum absolute atomic E-state index is 12.5. The number of sulfonamides is 1. The van der Waals surface area contributed by atoms with E-state index in [0.717, 1.165) is 18.2 Å². The molecular formula is C18H18ClF3N2O4S. The van der Waals surface area contributed by atoms with Crippen LogP contribution >= 0.6 is 11.6 Å². The number of hydrogen-bond donors (Lipinski definition) is 2. The first-order chi connectivity index (χ1) is 13.2. The Kier molecular flexibility index (Phi) is 6.51. The predicted molar refractivity (Wildman–Crippen MR) is 103 cm³/mol. The number of carbonyl (C=O) groups is 1. The molecule has 0 atom stereocenters. The van der Waals surface area contributed by atoms with E-state index in [1.807, 2.05) is 0 Å². The molecule has 2 aromatic rings. The van der Waals surface area contributed by atoms with Crippen LogP contribution < -0.4 is 14.8 Å². The Morgan fingerprint density at radius 2 is 1.72 bits per heavy atom. The lowest BCUT2D eigenvalue weighted by Gasteiger charge is -2.21. The summed E-state index contributed by atoms with van der Waals surface area (Å²) in [4.78, 5) is 12.2. The molecule has 0 unspecified atom stereocenters. The van der Waals surface area contributed by atoms with Crippen molar-refractivity contribution in [1.29, 1.82) is 0 Å². The number of halogens is 4. The van der Waals surface area contributed by atoms with Crippen LogP contribution in [-0.4, -0.2) is 26.2 Å². The first-order valence-electron chi connectivity index (χ1n) is 8.17. The summed E-state index contributed by atoms with van der Waals surface area (Å²) >= 11 is 5.98. The SMILES string of the molecule is CC(C)(C)NS(=O)(=O)c1cc(C(=O)Nc2cccc(OC(F)(F)F)c2)ccc1Cl. The molecular weight excluding hydrogens is 433 g/mol. The fraction of sp³-hybridized carbons (Fsp3) is 0.278. The number of ether oxygens (including phenoxy) is 1. The van der Waals surface area contributed by atoms with Crippen LogP contribution in [0.1, 0.15) is 31.1 Å². The molecule has 29 heavy (non-hydrogen) atoms. The van der Waals surface area contributed by atoms with Crippen LogP contribution in [0, 0.1) is 0 Å². The lowest BCUT2D eigenvalue weighted by molar-refractivity contribution is -0.274. The molecule has 0 spiro atoms. The molecule has 0 bridgehead atoms. The Labute approximate surface area is 171 Å². The number of anilines is 1. The molecule has 0 heterocycles. The van der Waals surface area contributed by atoms with Crippen LogP contribution in [0.25, 0.3) is 0 Å². The minimum absolute atomic E-state index is 0.0314. The fourth-order valence-corrected chi connectivity index (χ4v) is 4.23. The molecule has 6 nitrogen and oxygen atoms in total. The second kappa shape index (κ2) is 8.21. The van der Waals surface area contributed by atoms with E-state index in [1.54, 1.807) is 20.8 Å². The van der Waals surface area contributed by atoms with Gasteiger partial charge in [0.05, 0.1) is 5.02 Å². The van der Waals surface area contributed by atoms with Gasteiger partial charge in [-0.05, 0) is 51.1 Å². The molecule has 2 rings (SSSR count). The molecule has 0 aliphatic carbocycles. The summed E-state index contributed by atoms with van der Waals surface area (Å²) in [5.41, 5.74) is -0.797. The summed E-state index contributed by atoms with van der Waals surface area (Å²) in [6, 6.07) is 8.31.